The Bertz CT molecular complexity index is 1720. The monoisotopic (exact) mass is 640 g/mol. The van der Waals surface area contributed by atoms with Gasteiger partial charge in [-0.2, -0.15) is 4.68 Å². The standard InChI is InChI=1S/C31H34F2N6O5S/c1-4-44-31(41)39-28-8-6-23(45(42)24-16-20(32)15-21(33)17-24)19-26(28)29(36-39)35-30(40)25-7-5-22(18-27(25)34-9-14-43-3)38-12-10-37(2)11-13-38/h5-8,15-19,34H,4,9-14H2,1-3H3,(H,35,36,40). The summed E-state index contributed by atoms with van der Waals surface area (Å²) in [6.45, 7) is 6.16. The summed E-state index contributed by atoms with van der Waals surface area (Å²) in [6, 6.07) is 12.6. The molecule has 0 spiro atoms. The maximum absolute atomic E-state index is 13.9. The van der Waals surface area contributed by atoms with Crippen molar-refractivity contribution in [3.8, 4) is 0 Å². The maximum Gasteiger partial charge on any atom is 0.435 e. The number of nitrogens with zero attached hydrogens (tertiary/aromatic N) is 4. The van der Waals surface area contributed by atoms with E-state index in [4.69, 9.17) is 9.47 Å². The molecule has 0 aliphatic carbocycles. The molecule has 2 N–H and O–H groups in total. The van der Waals surface area contributed by atoms with Crippen molar-refractivity contribution in [1.29, 1.82) is 0 Å². The summed E-state index contributed by atoms with van der Waals surface area (Å²) in [4.78, 5) is 31.1. The number of amides is 1. The molecule has 1 saturated heterocycles. The number of likely N-dealkylation sites (N-methyl/N-ethyl adjacent to an activating group) is 1. The summed E-state index contributed by atoms with van der Waals surface area (Å²) in [5.41, 5.74) is 2.17. The molecule has 0 saturated carbocycles. The molecule has 0 radical (unpaired) electrons. The molecule has 1 atom stereocenters. The molecule has 238 valence electrons. The van der Waals surface area contributed by atoms with Crippen molar-refractivity contribution in [1.82, 2.24) is 14.7 Å². The van der Waals surface area contributed by atoms with Crippen molar-refractivity contribution in [3.63, 3.8) is 0 Å². The predicted molar refractivity (Wildman–Crippen MR) is 168 cm³/mol. The van der Waals surface area contributed by atoms with E-state index < -0.39 is 34.4 Å². The fourth-order valence-corrected chi connectivity index (χ4v) is 6.13. The quantitative estimate of drug-likeness (QED) is 0.241. The van der Waals surface area contributed by atoms with Crippen LogP contribution in [-0.2, 0) is 20.3 Å². The summed E-state index contributed by atoms with van der Waals surface area (Å²) in [6.07, 6.45) is -0.775. The third kappa shape index (κ3) is 7.30. The molecule has 1 amide bonds. The third-order valence-corrected chi connectivity index (χ3v) is 8.67. The van der Waals surface area contributed by atoms with Crippen LogP contribution in [0, 0.1) is 11.6 Å². The van der Waals surface area contributed by atoms with Gasteiger partial charge in [-0.15, -0.1) is 5.10 Å². The molecule has 45 heavy (non-hydrogen) atoms. The van der Waals surface area contributed by atoms with Gasteiger partial charge in [-0.3, -0.25) is 4.79 Å². The first-order valence-corrected chi connectivity index (χ1v) is 15.5. The van der Waals surface area contributed by atoms with E-state index in [9.17, 15) is 22.6 Å². The zero-order valence-electron chi connectivity index (χ0n) is 25.1. The van der Waals surface area contributed by atoms with Gasteiger partial charge in [0.05, 0.1) is 35.1 Å². The number of fused-ring (bicyclic) bond motifs is 1. The molecule has 4 aromatic rings. The van der Waals surface area contributed by atoms with E-state index in [1.54, 1.807) is 20.1 Å². The van der Waals surface area contributed by atoms with Crippen LogP contribution in [0.25, 0.3) is 10.9 Å². The Balaban J connectivity index is 1.51. The van der Waals surface area contributed by atoms with E-state index in [-0.39, 0.29) is 33.1 Å². The predicted octanol–water partition coefficient (Wildman–Crippen LogP) is 4.55. The molecule has 2 heterocycles. The summed E-state index contributed by atoms with van der Waals surface area (Å²) in [5, 5.41) is 10.7. The smallest absolute Gasteiger partial charge is 0.435 e. The molecule has 14 heteroatoms. The number of hydrogen-bond acceptors (Lipinski definition) is 9. The van der Waals surface area contributed by atoms with Crippen molar-refractivity contribution in [2.45, 2.75) is 16.7 Å². The number of aromatic nitrogens is 2. The zero-order valence-corrected chi connectivity index (χ0v) is 26.0. The second-order valence-electron chi connectivity index (χ2n) is 10.4. The van der Waals surface area contributed by atoms with Gasteiger partial charge in [0, 0.05) is 72.5 Å². The van der Waals surface area contributed by atoms with Crippen molar-refractivity contribution < 1.29 is 32.1 Å². The lowest BCUT2D eigenvalue weighted by atomic mass is 10.1. The first-order chi connectivity index (χ1) is 21.7. The number of benzene rings is 3. The fraction of sp³-hybridized carbons (Fsp3) is 0.323. The second-order valence-corrected chi connectivity index (χ2v) is 11.9. The van der Waals surface area contributed by atoms with E-state index >= 15 is 0 Å². The van der Waals surface area contributed by atoms with Crippen molar-refractivity contribution >= 4 is 50.9 Å². The molecular formula is C31H34F2N6O5S. The Morgan fingerprint density at radius 2 is 1.71 bits per heavy atom. The fourth-order valence-electron chi connectivity index (χ4n) is 5.00. The number of carbonyl (C=O) groups excluding carboxylic acids is 2. The van der Waals surface area contributed by atoms with Crippen LogP contribution in [0.1, 0.15) is 17.3 Å². The van der Waals surface area contributed by atoms with Crippen molar-refractivity contribution in [2.75, 3.05) is 75.6 Å². The molecule has 3 aromatic carbocycles. The van der Waals surface area contributed by atoms with E-state index in [0.29, 0.717) is 30.5 Å². The number of ether oxygens (including phenoxy) is 2. The van der Waals surface area contributed by atoms with Crippen LogP contribution in [0.2, 0.25) is 0 Å². The number of hydrogen-bond donors (Lipinski definition) is 2. The van der Waals surface area contributed by atoms with Gasteiger partial charge in [0.15, 0.2) is 5.82 Å². The van der Waals surface area contributed by atoms with Gasteiger partial charge in [-0.05, 0) is 62.5 Å². The molecule has 0 bridgehead atoms. The number of rotatable bonds is 10. The highest BCUT2D eigenvalue weighted by Crippen LogP contribution is 2.30. The SMILES string of the molecule is CCOC(=O)n1nc(NC(=O)c2ccc(N3CCN(C)CC3)cc2NCCOC)c2cc(S(=O)c3cc(F)cc(F)c3)ccc21. The van der Waals surface area contributed by atoms with Gasteiger partial charge >= 0.3 is 6.09 Å². The molecule has 1 aromatic heterocycles. The highest BCUT2D eigenvalue weighted by molar-refractivity contribution is 7.85. The highest BCUT2D eigenvalue weighted by Gasteiger charge is 2.23. The van der Waals surface area contributed by atoms with Gasteiger partial charge in [0.1, 0.15) is 11.6 Å². The van der Waals surface area contributed by atoms with Crippen LogP contribution < -0.4 is 15.5 Å². The Kier molecular flexibility index (Phi) is 10.1. The molecular weight excluding hydrogens is 606 g/mol. The van der Waals surface area contributed by atoms with Gasteiger partial charge < -0.3 is 29.9 Å². The minimum absolute atomic E-state index is 0.0123. The minimum atomic E-state index is -1.98. The molecule has 1 unspecified atom stereocenters. The molecule has 5 rings (SSSR count). The lowest BCUT2D eigenvalue weighted by Crippen LogP contribution is -2.44. The summed E-state index contributed by atoms with van der Waals surface area (Å²) in [5.74, 6) is -2.22. The molecule has 1 fully saturated rings. The van der Waals surface area contributed by atoms with Gasteiger partial charge in [-0.1, -0.05) is 0 Å². The Morgan fingerprint density at radius 3 is 2.40 bits per heavy atom. The average molecular weight is 641 g/mol. The first-order valence-electron chi connectivity index (χ1n) is 14.4. The van der Waals surface area contributed by atoms with Gasteiger partial charge in [0.25, 0.3) is 5.91 Å². The summed E-state index contributed by atoms with van der Waals surface area (Å²) >= 11 is 0. The third-order valence-electron chi connectivity index (χ3n) is 7.33. The zero-order chi connectivity index (χ0) is 32.1. The van der Waals surface area contributed by atoms with E-state index in [0.717, 1.165) is 48.7 Å². The van der Waals surface area contributed by atoms with Crippen LogP contribution >= 0.6 is 0 Å². The number of nitrogens with one attached hydrogen (secondary N) is 2. The van der Waals surface area contributed by atoms with Gasteiger partial charge in [0.2, 0.25) is 0 Å². The lowest BCUT2D eigenvalue weighted by molar-refractivity contribution is 0.102. The number of carbonyl (C=O) groups is 2. The van der Waals surface area contributed by atoms with Crippen LogP contribution in [-0.4, -0.2) is 91.0 Å². The topological polar surface area (TPSA) is 118 Å². The molecule has 1 aliphatic rings. The summed E-state index contributed by atoms with van der Waals surface area (Å²) < 4.78 is 52.3. The maximum atomic E-state index is 13.9. The lowest BCUT2D eigenvalue weighted by Gasteiger charge is -2.34. The Labute approximate surface area is 261 Å². The number of halogens is 2. The Morgan fingerprint density at radius 1 is 0.978 bits per heavy atom. The second kappa shape index (κ2) is 14.1. The van der Waals surface area contributed by atoms with Crippen LogP contribution in [0.4, 0.5) is 30.8 Å². The molecule has 11 nitrogen and oxygen atoms in total. The first kappa shape index (κ1) is 32.0. The largest absolute Gasteiger partial charge is 0.448 e. The Hall–Kier alpha value is -4.40. The molecule has 1 aliphatic heterocycles. The number of methoxy groups -OCH3 is 1. The van der Waals surface area contributed by atoms with Crippen LogP contribution in [0.3, 0.4) is 0 Å². The van der Waals surface area contributed by atoms with Gasteiger partial charge in [-0.25, -0.2) is 17.8 Å². The normalized spacial score (nSPS) is 14.4. The summed E-state index contributed by atoms with van der Waals surface area (Å²) in [7, 11) is 1.69. The van der Waals surface area contributed by atoms with Crippen LogP contribution in [0.5, 0.6) is 0 Å². The highest BCUT2D eigenvalue weighted by atomic mass is 32.2. The average Bonchev–Trinajstić information content (AvgIpc) is 3.38. The van der Waals surface area contributed by atoms with E-state index in [2.05, 4.69) is 32.6 Å². The number of anilines is 3. The van der Waals surface area contributed by atoms with Crippen molar-refractivity contribution in [3.05, 3.63) is 71.8 Å². The van der Waals surface area contributed by atoms with Crippen LogP contribution in [0.15, 0.2) is 64.4 Å². The van der Waals surface area contributed by atoms with Crippen molar-refractivity contribution in [2.24, 2.45) is 0 Å². The minimum Gasteiger partial charge on any atom is -0.448 e. The number of piperazine rings is 1. The van der Waals surface area contributed by atoms with E-state index in [1.165, 1.54) is 18.2 Å². The van der Waals surface area contributed by atoms with E-state index in [1.807, 2.05) is 12.1 Å².